The molecule has 7 heteroatoms. The van der Waals surface area contributed by atoms with Gasteiger partial charge < -0.3 is 4.90 Å². The molecule has 0 unspecified atom stereocenters. The van der Waals surface area contributed by atoms with E-state index in [1.165, 1.54) is 4.90 Å². The highest BCUT2D eigenvalue weighted by Gasteiger charge is 2.44. The summed E-state index contributed by atoms with van der Waals surface area (Å²) >= 11 is 5.88. The summed E-state index contributed by atoms with van der Waals surface area (Å²) in [7, 11) is 0. The molecule has 6 nitrogen and oxygen atoms in total. The van der Waals surface area contributed by atoms with Crippen LogP contribution < -0.4 is 4.90 Å². The Kier molecular flexibility index (Phi) is 5.72. The second-order valence-corrected chi connectivity index (χ2v) is 7.15. The molecular formula is C18H24ClN3O3. The molecule has 1 aliphatic heterocycles. The maximum absolute atomic E-state index is 12.7. The lowest BCUT2D eigenvalue weighted by atomic mass is 10.2. The molecule has 4 amide bonds. The fourth-order valence-electron chi connectivity index (χ4n) is 3.20. The Hall–Kier alpha value is -2.08. The third kappa shape index (κ3) is 3.79. The molecule has 0 N–H and O–H groups in total. The Bertz CT molecular complexity index is 665. The van der Waals surface area contributed by atoms with Crippen molar-refractivity contribution in [3.05, 3.63) is 29.3 Å². The predicted octanol–water partition coefficient (Wildman–Crippen LogP) is 3.14. The van der Waals surface area contributed by atoms with E-state index in [9.17, 15) is 14.4 Å². The monoisotopic (exact) mass is 365 g/mol. The van der Waals surface area contributed by atoms with Crippen LogP contribution in [0.2, 0.25) is 5.02 Å². The Balaban J connectivity index is 2.22. The SMILES string of the molecule is CC(C)N(C(=O)CN1C(=O)[C@H](C)N(c2ccc(Cl)cc2)C1=O)C(C)C. The molecule has 136 valence electrons. The van der Waals surface area contributed by atoms with E-state index in [0.717, 1.165) is 4.90 Å². The van der Waals surface area contributed by atoms with Gasteiger partial charge in [-0.2, -0.15) is 0 Å². The number of rotatable bonds is 5. The third-order valence-corrected chi connectivity index (χ3v) is 4.50. The molecule has 1 aliphatic rings. The number of imide groups is 1. The number of urea groups is 1. The van der Waals surface area contributed by atoms with Crippen LogP contribution in [0.3, 0.4) is 0 Å². The van der Waals surface area contributed by atoms with Gasteiger partial charge in [0.2, 0.25) is 5.91 Å². The average Bonchev–Trinajstić information content (AvgIpc) is 2.71. The topological polar surface area (TPSA) is 60.9 Å². The minimum Gasteiger partial charge on any atom is -0.336 e. The van der Waals surface area contributed by atoms with Crippen LogP contribution in [0.1, 0.15) is 34.6 Å². The van der Waals surface area contributed by atoms with Gasteiger partial charge in [0.15, 0.2) is 0 Å². The number of nitrogens with zero attached hydrogens (tertiary/aromatic N) is 3. The van der Waals surface area contributed by atoms with Crippen LogP contribution in [-0.2, 0) is 9.59 Å². The smallest absolute Gasteiger partial charge is 0.332 e. The van der Waals surface area contributed by atoms with Crippen molar-refractivity contribution in [2.75, 3.05) is 11.4 Å². The Labute approximate surface area is 153 Å². The van der Waals surface area contributed by atoms with E-state index in [-0.39, 0.29) is 30.4 Å². The zero-order chi connectivity index (χ0) is 18.9. The Morgan fingerprint density at radius 1 is 1.12 bits per heavy atom. The van der Waals surface area contributed by atoms with Crippen LogP contribution in [0.4, 0.5) is 10.5 Å². The predicted molar refractivity (Wildman–Crippen MR) is 97.6 cm³/mol. The first kappa shape index (κ1) is 19.2. The van der Waals surface area contributed by atoms with Crippen LogP contribution in [-0.4, -0.2) is 52.3 Å². The zero-order valence-corrected chi connectivity index (χ0v) is 15.9. The van der Waals surface area contributed by atoms with Crippen molar-refractivity contribution in [3.8, 4) is 0 Å². The number of carbonyl (C=O) groups excluding carboxylic acids is 3. The van der Waals surface area contributed by atoms with E-state index < -0.39 is 12.1 Å². The molecule has 1 saturated heterocycles. The lowest BCUT2D eigenvalue weighted by Crippen LogP contribution is -2.48. The first-order chi connectivity index (χ1) is 11.6. The molecule has 0 radical (unpaired) electrons. The van der Waals surface area contributed by atoms with Gasteiger partial charge in [-0.15, -0.1) is 0 Å². The highest BCUT2D eigenvalue weighted by atomic mass is 35.5. The number of anilines is 1. The van der Waals surface area contributed by atoms with Crippen LogP contribution in [0.5, 0.6) is 0 Å². The molecule has 1 aromatic carbocycles. The molecule has 2 rings (SSSR count). The molecule has 0 spiro atoms. The van der Waals surface area contributed by atoms with Crippen LogP contribution >= 0.6 is 11.6 Å². The van der Waals surface area contributed by atoms with Crippen LogP contribution in [0.25, 0.3) is 0 Å². The standard InChI is InChI=1S/C18H24ClN3O3/c1-11(2)21(12(3)4)16(23)10-20-17(24)13(5)22(18(20)25)15-8-6-14(19)7-9-15/h6-9,11-13H,10H2,1-5H3/t13-/m0/s1. The van der Waals surface area contributed by atoms with Gasteiger partial charge in [-0.25, -0.2) is 4.79 Å². The van der Waals surface area contributed by atoms with Gasteiger partial charge in [0.1, 0.15) is 12.6 Å². The van der Waals surface area contributed by atoms with Gasteiger partial charge in [-0.3, -0.25) is 19.4 Å². The Morgan fingerprint density at radius 3 is 2.12 bits per heavy atom. The maximum Gasteiger partial charge on any atom is 0.332 e. The van der Waals surface area contributed by atoms with Crippen molar-refractivity contribution in [2.24, 2.45) is 0 Å². The lowest BCUT2D eigenvalue weighted by molar-refractivity contribution is -0.139. The van der Waals surface area contributed by atoms with Gasteiger partial charge in [0, 0.05) is 22.8 Å². The minimum atomic E-state index is -0.659. The molecule has 0 aliphatic carbocycles. The van der Waals surface area contributed by atoms with E-state index in [4.69, 9.17) is 11.6 Å². The van der Waals surface area contributed by atoms with Gasteiger partial charge in [0.25, 0.3) is 5.91 Å². The summed E-state index contributed by atoms with van der Waals surface area (Å²) in [6, 6.07) is 5.53. The van der Waals surface area contributed by atoms with E-state index in [0.29, 0.717) is 10.7 Å². The molecule has 0 bridgehead atoms. The maximum atomic E-state index is 12.7. The molecule has 0 saturated carbocycles. The van der Waals surface area contributed by atoms with E-state index in [1.807, 2.05) is 27.7 Å². The van der Waals surface area contributed by atoms with Crippen molar-refractivity contribution in [1.82, 2.24) is 9.80 Å². The quantitative estimate of drug-likeness (QED) is 0.753. The fourth-order valence-corrected chi connectivity index (χ4v) is 3.32. The van der Waals surface area contributed by atoms with Gasteiger partial charge in [-0.1, -0.05) is 11.6 Å². The van der Waals surface area contributed by atoms with Crippen molar-refractivity contribution >= 4 is 35.1 Å². The van der Waals surface area contributed by atoms with Crippen LogP contribution in [0, 0.1) is 0 Å². The van der Waals surface area contributed by atoms with Crippen LogP contribution in [0.15, 0.2) is 24.3 Å². The first-order valence-electron chi connectivity index (χ1n) is 8.36. The highest BCUT2D eigenvalue weighted by Crippen LogP contribution is 2.27. The third-order valence-electron chi connectivity index (χ3n) is 4.25. The molecule has 1 heterocycles. The number of amides is 4. The summed E-state index contributed by atoms with van der Waals surface area (Å²) in [5.41, 5.74) is 0.578. The average molecular weight is 366 g/mol. The van der Waals surface area contributed by atoms with Crippen molar-refractivity contribution in [1.29, 1.82) is 0 Å². The van der Waals surface area contributed by atoms with Gasteiger partial charge in [0.05, 0.1) is 0 Å². The first-order valence-corrected chi connectivity index (χ1v) is 8.74. The van der Waals surface area contributed by atoms with E-state index >= 15 is 0 Å². The van der Waals surface area contributed by atoms with E-state index in [2.05, 4.69) is 0 Å². The summed E-state index contributed by atoms with van der Waals surface area (Å²) in [5, 5.41) is 0.547. The molecule has 1 atom stereocenters. The summed E-state index contributed by atoms with van der Waals surface area (Å²) in [6.07, 6.45) is 0. The number of halogens is 1. The highest BCUT2D eigenvalue weighted by molar-refractivity contribution is 6.30. The van der Waals surface area contributed by atoms with Crippen molar-refractivity contribution in [2.45, 2.75) is 52.7 Å². The number of carbonyl (C=O) groups is 3. The largest absolute Gasteiger partial charge is 0.336 e. The number of hydrogen-bond donors (Lipinski definition) is 0. The summed E-state index contributed by atoms with van der Waals surface area (Å²) in [5.74, 6) is -0.613. The summed E-state index contributed by atoms with van der Waals surface area (Å²) < 4.78 is 0. The van der Waals surface area contributed by atoms with Gasteiger partial charge in [-0.05, 0) is 58.9 Å². The molecular weight excluding hydrogens is 342 g/mol. The molecule has 1 fully saturated rings. The minimum absolute atomic E-state index is 0.00917. The lowest BCUT2D eigenvalue weighted by Gasteiger charge is -2.31. The second-order valence-electron chi connectivity index (χ2n) is 6.72. The summed E-state index contributed by atoms with van der Waals surface area (Å²) in [6.45, 7) is 9.05. The molecule has 0 aromatic heterocycles. The number of benzene rings is 1. The van der Waals surface area contributed by atoms with Crippen molar-refractivity contribution < 1.29 is 14.4 Å². The zero-order valence-electron chi connectivity index (χ0n) is 15.2. The number of hydrogen-bond acceptors (Lipinski definition) is 3. The molecule has 25 heavy (non-hydrogen) atoms. The van der Waals surface area contributed by atoms with Crippen molar-refractivity contribution in [3.63, 3.8) is 0 Å². The Morgan fingerprint density at radius 2 is 1.64 bits per heavy atom. The normalized spacial score (nSPS) is 17.8. The summed E-state index contributed by atoms with van der Waals surface area (Å²) in [4.78, 5) is 42.0. The van der Waals surface area contributed by atoms with Gasteiger partial charge >= 0.3 is 6.03 Å². The fraction of sp³-hybridized carbons (Fsp3) is 0.500. The molecule has 1 aromatic rings. The second kappa shape index (κ2) is 7.44. The van der Waals surface area contributed by atoms with E-state index in [1.54, 1.807) is 36.1 Å².